The van der Waals surface area contributed by atoms with Crippen LogP contribution >= 0.6 is 0 Å². The molecule has 0 aliphatic heterocycles. The molecule has 0 saturated heterocycles. The minimum absolute atomic E-state index is 0.355. The van der Waals surface area contributed by atoms with Crippen molar-refractivity contribution in [1.29, 1.82) is 21.0 Å². The van der Waals surface area contributed by atoms with Gasteiger partial charge in [0, 0.05) is 32.3 Å². The first-order chi connectivity index (χ1) is 13.7. The highest BCUT2D eigenvalue weighted by atomic mass is 14.3. The van der Waals surface area contributed by atoms with Gasteiger partial charge in [-0.05, 0) is 22.9 Å². The van der Waals surface area contributed by atoms with Gasteiger partial charge in [0.15, 0.2) is 0 Å². The molecule has 0 spiro atoms. The normalized spacial score (nSPS) is 10.7. The molecule has 0 amide bonds. The first-order valence-electron chi connectivity index (χ1n) is 8.54. The summed E-state index contributed by atoms with van der Waals surface area (Å²) in [5, 5.41) is 45.1. The van der Waals surface area contributed by atoms with Crippen molar-refractivity contribution < 1.29 is 0 Å². The molecular weight excluding hydrogens is 344 g/mol. The second-order valence-electron chi connectivity index (χ2n) is 6.60. The summed E-state index contributed by atoms with van der Waals surface area (Å²) in [5.41, 5.74) is 1.57. The minimum atomic E-state index is 0.355. The van der Waals surface area contributed by atoms with Crippen LogP contribution in [0.4, 0.5) is 0 Å². The number of fused-ring (bicyclic) bond motifs is 2. The molecule has 0 N–H and O–H groups in total. The van der Waals surface area contributed by atoms with Gasteiger partial charge in [0.2, 0.25) is 0 Å². The van der Waals surface area contributed by atoms with Gasteiger partial charge >= 0.3 is 0 Å². The molecule has 0 saturated carbocycles. The lowest BCUT2D eigenvalue weighted by molar-refractivity contribution is 1.47. The average Bonchev–Trinajstić information content (AvgIpc) is 2.76. The molecule has 4 nitrogen and oxygen atoms in total. The summed E-state index contributed by atoms with van der Waals surface area (Å²) >= 11 is 0. The van der Waals surface area contributed by atoms with Crippen molar-refractivity contribution in [1.82, 2.24) is 0 Å². The molecular formula is C24H8N4. The van der Waals surface area contributed by atoms with Gasteiger partial charge in [-0.2, -0.15) is 21.0 Å². The molecule has 0 aliphatic rings. The SMILES string of the molecule is N#Cc1cc(C#N)c2c3c(C#N)cc(C#N)c4cccc(c5cccc1c52)c43. The van der Waals surface area contributed by atoms with Crippen LogP contribution in [0, 0.1) is 45.3 Å². The van der Waals surface area contributed by atoms with E-state index in [4.69, 9.17) is 0 Å². The Bertz CT molecular complexity index is 1520. The summed E-state index contributed by atoms with van der Waals surface area (Å²) < 4.78 is 0. The van der Waals surface area contributed by atoms with Crippen LogP contribution in [0.5, 0.6) is 0 Å². The number of hydrogen-bond donors (Lipinski definition) is 0. The fourth-order valence-electron chi connectivity index (χ4n) is 4.28. The molecule has 0 heterocycles. The highest BCUT2D eigenvalue weighted by Crippen LogP contribution is 2.44. The van der Waals surface area contributed by atoms with Gasteiger partial charge < -0.3 is 0 Å². The molecule has 5 rings (SSSR count). The van der Waals surface area contributed by atoms with E-state index in [2.05, 4.69) is 24.3 Å². The zero-order valence-electron chi connectivity index (χ0n) is 14.4. The van der Waals surface area contributed by atoms with Crippen LogP contribution in [-0.2, 0) is 0 Å². The van der Waals surface area contributed by atoms with Crippen LogP contribution in [0.15, 0.2) is 48.5 Å². The summed E-state index contributed by atoms with van der Waals surface area (Å²) in [5.74, 6) is 0. The molecule has 5 aromatic carbocycles. The molecule has 0 unspecified atom stereocenters. The van der Waals surface area contributed by atoms with Crippen LogP contribution in [-0.4, -0.2) is 0 Å². The topological polar surface area (TPSA) is 95.2 Å². The van der Waals surface area contributed by atoms with Gasteiger partial charge in [-0.1, -0.05) is 36.4 Å². The molecule has 0 aliphatic carbocycles. The Kier molecular flexibility index (Phi) is 3.02. The highest BCUT2D eigenvalue weighted by Gasteiger charge is 2.21. The smallest absolute Gasteiger partial charge is 0.0998 e. The average molecular weight is 352 g/mol. The third-order valence-electron chi connectivity index (χ3n) is 5.35. The van der Waals surface area contributed by atoms with Crippen molar-refractivity contribution in [3.63, 3.8) is 0 Å². The fraction of sp³-hybridized carbons (Fsp3) is 0. The Hall–Kier alpha value is -4.64. The Morgan fingerprint density at radius 3 is 1.14 bits per heavy atom. The third-order valence-corrected chi connectivity index (χ3v) is 5.35. The van der Waals surface area contributed by atoms with Crippen molar-refractivity contribution in [2.75, 3.05) is 0 Å². The lowest BCUT2D eigenvalue weighted by Gasteiger charge is -2.17. The maximum atomic E-state index is 9.82. The van der Waals surface area contributed by atoms with E-state index >= 15 is 0 Å². The van der Waals surface area contributed by atoms with Gasteiger partial charge in [0.05, 0.1) is 46.5 Å². The molecule has 124 valence electrons. The predicted octanol–water partition coefficient (Wildman–Crippen LogP) is 5.22. The van der Waals surface area contributed by atoms with Gasteiger partial charge in [-0.3, -0.25) is 0 Å². The van der Waals surface area contributed by atoms with E-state index in [1.807, 2.05) is 36.4 Å². The molecule has 0 aromatic heterocycles. The van der Waals surface area contributed by atoms with Crippen LogP contribution in [0.1, 0.15) is 22.3 Å². The highest BCUT2D eigenvalue weighted by molar-refractivity contribution is 6.35. The maximum Gasteiger partial charge on any atom is 0.0998 e. The lowest BCUT2D eigenvalue weighted by atomic mass is 9.84. The van der Waals surface area contributed by atoms with Gasteiger partial charge in [-0.15, -0.1) is 0 Å². The van der Waals surface area contributed by atoms with Crippen LogP contribution in [0.25, 0.3) is 43.1 Å². The van der Waals surface area contributed by atoms with Crippen LogP contribution in [0.2, 0.25) is 0 Å². The lowest BCUT2D eigenvalue weighted by Crippen LogP contribution is -1.95. The van der Waals surface area contributed by atoms with Crippen LogP contribution < -0.4 is 0 Å². The summed E-state index contributed by atoms with van der Waals surface area (Å²) in [6, 6.07) is 23.4. The second-order valence-corrected chi connectivity index (χ2v) is 6.60. The van der Waals surface area contributed by atoms with Gasteiger partial charge in [0.25, 0.3) is 0 Å². The van der Waals surface area contributed by atoms with Crippen molar-refractivity contribution in [2.24, 2.45) is 0 Å². The summed E-state index contributed by atoms with van der Waals surface area (Å²) in [7, 11) is 0. The zero-order valence-corrected chi connectivity index (χ0v) is 14.4. The number of nitrogens with zero attached hydrogens (tertiary/aromatic N) is 4. The Balaban J connectivity index is 2.32. The van der Waals surface area contributed by atoms with Gasteiger partial charge in [0.1, 0.15) is 0 Å². The minimum Gasteiger partial charge on any atom is -0.192 e. The fourth-order valence-corrected chi connectivity index (χ4v) is 4.28. The zero-order chi connectivity index (χ0) is 19.4. The van der Waals surface area contributed by atoms with E-state index in [-0.39, 0.29) is 0 Å². The van der Waals surface area contributed by atoms with Gasteiger partial charge in [-0.25, -0.2) is 0 Å². The van der Waals surface area contributed by atoms with Crippen LogP contribution in [0.3, 0.4) is 0 Å². The molecule has 0 bridgehead atoms. The van der Waals surface area contributed by atoms with Crippen molar-refractivity contribution in [3.05, 3.63) is 70.8 Å². The van der Waals surface area contributed by atoms with E-state index in [0.29, 0.717) is 33.0 Å². The number of rotatable bonds is 0. The Morgan fingerprint density at radius 1 is 0.429 bits per heavy atom. The standard InChI is InChI=1S/C24H8N4/c25-9-13-7-15(11-27)21-22-16(12-28)8-14(10-26)18-4-2-6-20(24(18)22)19-5-1-3-17(13)23(19)21/h1-8H. The maximum absolute atomic E-state index is 9.82. The largest absolute Gasteiger partial charge is 0.192 e. The quantitative estimate of drug-likeness (QED) is 0.282. The summed E-state index contributed by atoms with van der Waals surface area (Å²) in [6.45, 7) is 0. The van der Waals surface area contributed by atoms with E-state index < -0.39 is 0 Å². The molecule has 0 fully saturated rings. The molecule has 28 heavy (non-hydrogen) atoms. The van der Waals surface area contributed by atoms with E-state index in [1.165, 1.54) is 0 Å². The van der Waals surface area contributed by atoms with Crippen molar-refractivity contribution in [3.8, 4) is 24.3 Å². The molecule has 5 aromatic rings. The number of nitriles is 4. The van der Waals surface area contributed by atoms with Crippen molar-refractivity contribution >= 4 is 43.1 Å². The van der Waals surface area contributed by atoms with E-state index in [0.717, 1.165) is 32.3 Å². The first kappa shape index (κ1) is 15.6. The van der Waals surface area contributed by atoms with Crippen molar-refractivity contribution in [2.45, 2.75) is 0 Å². The molecule has 4 heteroatoms. The summed E-state index contributed by atoms with van der Waals surface area (Å²) in [6.07, 6.45) is 0. The molecule has 0 atom stereocenters. The summed E-state index contributed by atoms with van der Waals surface area (Å²) in [4.78, 5) is 0. The Labute approximate surface area is 159 Å². The third kappa shape index (κ3) is 1.74. The number of benzene rings is 5. The predicted molar refractivity (Wildman–Crippen MR) is 107 cm³/mol. The monoisotopic (exact) mass is 352 g/mol. The first-order valence-corrected chi connectivity index (χ1v) is 8.54. The number of hydrogen-bond acceptors (Lipinski definition) is 4. The van der Waals surface area contributed by atoms with E-state index in [9.17, 15) is 21.0 Å². The molecule has 0 radical (unpaired) electrons. The second kappa shape index (κ2) is 5.43. The Morgan fingerprint density at radius 2 is 0.786 bits per heavy atom. The van der Waals surface area contributed by atoms with E-state index in [1.54, 1.807) is 12.1 Å².